The Morgan fingerprint density at radius 1 is 1.04 bits per heavy atom. The molecule has 1 heterocycles. The molecular weight excluding hydrogens is 290 g/mol. The normalized spacial score (nSPS) is 14.0. The molecule has 23 heavy (non-hydrogen) atoms. The van der Waals surface area contributed by atoms with Gasteiger partial charge in [0.25, 0.3) is 0 Å². The molecule has 0 saturated heterocycles. The van der Waals surface area contributed by atoms with Crippen molar-refractivity contribution in [3.05, 3.63) is 60.2 Å². The van der Waals surface area contributed by atoms with Crippen molar-refractivity contribution in [1.82, 2.24) is 5.32 Å². The second-order valence-corrected chi connectivity index (χ2v) is 5.55. The van der Waals surface area contributed by atoms with Gasteiger partial charge in [-0.05, 0) is 37.1 Å². The van der Waals surface area contributed by atoms with Crippen LogP contribution in [0, 0.1) is 0 Å². The maximum Gasteiger partial charge on any atom is 0.319 e. The Kier molecular flexibility index (Phi) is 4.28. The van der Waals surface area contributed by atoms with Crippen LogP contribution in [-0.2, 0) is 11.2 Å². The number of amides is 3. The number of nitrogens with zero attached hydrogens (tertiary/aromatic N) is 1. The molecule has 0 radical (unpaired) electrons. The molecule has 0 bridgehead atoms. The summed E-state index contributed by atoms with van der Waals surface area (Å²) >= 11 is 0. The van der Waals surface area contributed by atoms with E-state index < -0.39 is 6.04 Å². The predicted octanol–water partition coefficient (Wildman–Crippen LogP) is 2.79. The van der Waals surface area contributed by atoms with Crippen LogP contribution in [0.3, 0.4) is 0 Å². The molecule has 1 aliphatic heterocycles. The number of fused-ring (bicyclic) bond motifs is 1. The first kappa shape index (κ1) is 15.1. The fourth-order valence-corrected chi connectivity index (χ4v) is 2.75. The Bertz CT molecular complexity index is 715. The summed E-state index contributed by atoms with van der Waals surface area (Å²) in [5.74, 6) is -0.0989. The number of benzene rings is 2. The predicted molar refractivity (Wildman–Crippen MR) is 90.6 cm³/mol. The molecule has 0 aromatic heterocycles. The summed E-state index contributed by atoms with van der Waals surface area (Å²) < 4.78 is 0. The van der Waals surface area contributed by atoms with Gasteiger partial charge in [-0.3, -0.25) is 4.79 Å². The summed E-state index contributed by atoms with van der Waals surface area (Å²) in [6.07, 6.45) is 0.852. The van der Waals surface area contributed by atoms with Gasteiger partial charge in [0.05, 0.1) is 0 Å². The van der Waals surface area contributed by atoms with Crippen molar-refractivity contribution < 1.29 is 9.59 Å². The second kappa shape index (κ2) is 6.52. The number of urea groups is 1. The zero-order valence-corrected chi connectivity index (χ0v) is 13.0. The van der Waals surface area contributed by atoms with Crippen LogP contribution in [0.2, 0.25) is 0 Å². The Morgan fingerprint density at radius 3 is 2.52 bits per heavy atom. The van der Waals surface area contributed by atoms with Crippen LogP contribution >= 0.6 is 0 Å². The average Bonchev–Trinajstić information content (AvgIpc) is 2.99. The molecule has 0 fully saturated rings. The van der Waals surface area contributed by atoms with Crippen LogP contribution in [0.5, 0.6) is 0 Å². The van der Waals surface area contributed by atoms with Crippen LogP contribution in [0.15, 0.2) is 54.6 Å². The molecule has 0 saturated carbocycles. The monoisotopic (exact) mass is 309 g/mol. The Morgan fingerprint density at radius 2 is 1.74 bits per heavy atom. The minimum absolute atomic E-state index is 0.0989. The summed E-state index contributed by atoms with van der Waals surface area (Å²) in [5, 5.41) is 5.41. The van der Waals surface area contributed by atoms with Gasteiger partial charge in [0.2, 0.25) is 5.91 Å². The Balaban J connectivity index is 1.61. The number of anilines is 2. The maximum absolute atomic E-state index is 12.6. The third-order valence-corrected chi connectivity index (χ3v) is 3.90. The summed E-state index contributed by atoms with van der Waals surface area (Å²) in [6, 6.07) is 16.0. The topological polar surface area (TPSA) is 61.4 Å². The molecule has 5 nitrogen and oxygen atoms in total. The molecule has 3 amide bonds. The lowest BCUT2D eigenvalue weighted by molar-refractivity contribution is -0.119. The van der Waals surface area contributed by atoms with Crippen molar-refractivity contribution in [2.75, 3.05) is 16.8 Å². The van der Waals surface area contributed by atoms with E-state index in [0.29, 0.717) is 12.2 Å². The molecule has 5 heteroatoms. The molecule has 1 unspecified atom stereocenters. The Hall–Kier alpha value is -2.82. The molecule has 2 aromatic rings. The molecule has 3 rings (SSSR count). The zero-order chi connectivity index (χ0) is 16.2. The number of hydrogen-bond acceptors (Lipinski definition) is 2. The molecule has 2 N–H and O–H groups in total. The standard InChI is InChI=1S/C18H19N3O2/c1-13(19-18(23)20-15-8-3-2-4-9-15)17(22)21-12-11-14-7-5-6-10-16(14)21/h2-10,13H,11-12H2,1H3,(H2,19,20,23). The molecule has 1 atom stereocenters. The third-order valence-electron chi connectivity index (χ3n) is 3.90. The van der Waals surface area contributed by atoms with E-state index in [-0.39, 0.29) is 11.9 Å². The van der Waals surface area contributed by atoms with Crippen molar-refractivity contribution in [2.45, 2.75) is 19.4 Å². The summed E-state index contributed by atoms with van der Waals surface area (Å²) in [6.45, 7) is 2.36. The van der Waals surface area contributed by atoms with Gasteiger partial charge in [-0.25, -0.2) is 4.79 Å². The third kappa shape index (κ3) is 3.34. The van der Waals surface area contributed by atoms with Gasteiger partial charge in [0.1, 0.15) is 6.04 Å². The average molecular weight is 309 g/mol. The first-order valence-electron chi connectivity index (χ1n) is 7.67. The number of hydrogen-bond donors (Lipinski definition) is 2. The molecule has 118 valence electrons. The van der Waals surface area contributed by atoms with E-state index >= 15 is 0 Å². The van der Waals surface area contributed by atoms with Crippen molar-refractivity contribution in [3.8, 4) is 0 Å². The van der Waals surface area contributed by atoms with Crippen molar-refractivity contribution >= 4 is 23.3 Å². The van der Waals surface area contributed by atoms with E-state index in [1.54, 1.807) is 24.0 Å². The lowest BCUT2D eigenvalue weighted by atomic mass is 10.2. The smallest absolute Gasteiger partial charge is 0.319 e. The van der Waals surface area contributed by atoms with Crippen LogP contribution in [0.25, 0.3) is 0 Å². The van der Waals surface area contributed by atoms with Gasteiger partial charge in [0.15, 0.2) is 0 Å². The van der Waals surface area contributed by atoms with Crippen molar-refractivity contribution in [1.29, 1.82) is 0 Å². The lowest BCUT2D eigenvalue weighted by Crippen LogP contribution is -2.47. The summed E-state index contributed by atoms with van der Waals surface area (Å²) in [7, 11) is 0. The van der Waals surface area contributed by atoms with Gasteiger partial charge in [-0.1, -0.05) is 36.4 Å². The van der Waals surface area contributed by atoms with Gasteiger partial charge in [-0.2, -0.15) is 0 Å². The first-order chi connectivity index (χ1) is 11.1. The SMILES string of the molecule is CC(NC(=O)Nc1ccccc1)C(=O)N1CCc2ccccc21. The van der Waals surface area contributed by atoms with Crippen molar-refractivity contribution in [2.24, 2.45) is 0 Å². The fourth-order valence-electron chi connectivity index (χ4n) is 2.75. The molecule has 0 aliphatic carbocycles. The quantitative estimate of drug-likeness (QED) is 0.916. The highest BCUT2D eigenvalue weighted by Crippen LogP contribution is 2.27. The van der Waals surface area contributed by atoms with Crippen LogP contribution in [0.1, 0.15) is 12.5 Å². The first-order valence-corrected chi connectivity index (χ1v) is 7.67. The number of nitrogens with one attached hydrogen (secondary N) is 2. The van der Waals surface area contributed by atoms with E-state index in [1.165, 1.54) is 5.56 Å². The number of carbonyl (C=O) groups is 2. The highest BCUT2D eigenvalue weighted by Gasteiger charge is 2.28. The number of rotatable bonds is 3. The second-order valence-electron chi connectivity index (χ2n) is 5.55. The van der Waals surface area contributed by atoms with Gasteiger partial charge < -0.3 is 15.5 Å². The van der Waals surface area contributed by atoms with E-state index in [2.05, 4.69) is 10.6 Å². The van der Waals surface area contributed by atoms with Crippen LogP contribution < -0.4 is 15.5 Å². The van der Waals surface area contributed by atoms with Crippen molar-refractivity contribution in [3.63, 3.8) is 0 Å². The highest BCUT2D eigenvalue weighted by molar-refractivity contribution is 6.01. The maximum atomic E-state index is 12.6. The van der Waals surface area contributed by atoms with Gasteiger partial charge in [-0.15, -0.1) is 0 Å². The zero-order valence-electron chi connectivity index (χ0n) is 13.0. The van der Waals surface area contributed by atoms with E-state index in [1.807, 2.05) is 42.5 Å². The largest absolute Gasteiger partial charge is 0.326 e. The van der Waals surface area contributed by atoms with Crippen LogP contribution in [0.4, 0.5) is 16.2 Å². The van der Waals surface area contributed by atoms with E-state index in [9.17, 15) is 9.59 Å². The number of para-hydroxylation sites is 2. The highest BCUT2D eigenvalue weighted by atomic mass is 16.2. The van der Waals surface area contributed by atoms with Gasteiger partial charge >= 0.3 is 6.03 Å². The van der Waals surface area contributed by atoms with E-state index in [0.717, 1.165) is 12.1 Å². The molecule has 1 aliphatic rings. The molecule has 2 aromatic carbocycles. The van der Waals surface area contributed by atoms with Gasteiger partial charge in [0, 0.05) is 17.9 Å². The fraction of sp³-hybridized carbons (Fsp3) is 0.222. The summed E-state index contributed by atoms with van der Waals surface area (Å²) in [4.78, 5) is 26.3. The summed E-state index contributed by atoms with van der Waals surface area (Å²) in [5.41, 5.74) is 2.80. The van der Waals surface area contributed by atoms with E-state index in [4.69, 9.17) is 0 Å². The minimum atomic E-state index is -0.593. The Labute approximate surface area is 135 Å². The minimum Gasteiger partial charge on any atom is -0.326 e. The number of carbonyl (C=O) groups excluding carboxylic acids is 2. The molecular formula is C18H19N3O2. The van der Waals surface area contributed by atoms with Crippen LogP contribution in [-0.4, -0.2) is 24.5 Å². The lowest BCUT2D eigenvalue weighted by Gasteiger charge is -2.22. The molecule has 0 spiro atoms.